The normalized spacial score (nSPS) is 21.8. The molecule has 1 aliphatic rings. The predicted molar refractivity (Wildman–Crippen MR) is 60.4 cm³/mol. The molecule has 94 valence electrons. The number of piperazine rings is 1. The third-order valence-corrected chi connectivity index (χ3v) is 2.94. The SMILES string of the molecule is Cc1nc(C(=O)N2CCN(C)CC2CN)no1. The molecule has 1 saturated heterocycles. The summed E-state index contributed by atoms with van der Waals surface area (Å²) in [5, 5.41) is 3.65. The van der Waals surface area contributed by atoms with E-state index >= 15 is 0 Å². The van der Waals surface area contributed by atoms with Crippen molar-refractivity contribution in [3.63, 3.8) is 0 Å². The van der Waals surface area contributed by atoms with Gasteiger partial charge in [-0.3, -0.25) is 4.79 Å². The zero-order valence-electron chi connectivity index (χ0n) is 10.1. The maximum absolute atomic E-state index is 12.2. The van der Waals surface area contributed by atoms with Crippen LogP contribution in [0.15, 0.2) is 4.52 Å². The van der Waals surface area contributed by atoms with Crippen molar-refractivity contribution in [2.45, 2.75) is 13.0 Å². The molecular weight excluding hydrogens is 222 g/mol. The van der Waals surface area contributed by atoms with E-state index in [0.717, 1.165) is 13.1 Å². The lowest BCUT2D eigenvalue weighted by atomic mass is 10.1. The molecule has 1 aromatic heterocycles. The fraction of sp³-hybridized carbons (Fsp3) is 0.700. The van der Waals surface area contributed by atoms with E-state index in [1.54, 1.807) is 11.8 Å². The molecule has 1 aliphatic heterocycles. The fourth-order valence-corrected chi connectivity index (χ4v) is 1.99. The maximum atomic E-state index is 12.2. The average Bonchev–Trinajstić information content (AvgIpc) is 2.75. The van der Waals surface area contributed by atoms with Crippen molar-refractivity contribution < 1.29 is 9.32 Å². The van der Waals surface area contributed by atoms with Gasteiger partial charge in [-0.2, -0.15) is 4.98 Å². The lowest BCUT2D eigenvalue weighted by Crippen LogP contribution is -2.56. The third kappa shape index (κ3) is 2.45. The van der Waals surface area contributed by atoms with Crippen molar-refractivity contribution in [2.75, 3.05) is 33.2 Å². The lowest BCUT2D eigenvalue weighted by molar-refractivity contribution is 0.0501. The molecule has 7 nitrogen and oxygen atoms in total. The highest BCUT2D eigenvalue weighted by molar-refractivity contribution is 5.90. The molecule has 2 N–H and O–H groups in total. The number of carbonyl (C=O) groups is 1. The minimum Gasteiger partial charge on any atom is -0.339 e. The topological polar surface area (TPSA) is 88.5 Å². The lowest BCUT2D eigenvalue weighted by Gasteiger charge is -2.38. The number of hydrogen-bond acceptors (Lipinski definition) is 6. The minimum atomic E-state index is -0.203. The van der Waals surface area contributed by atoms with E-state index in [4.69, 9.17) is 10.3 Å². The van der Waals surface area contributed by atoms with Gasteiger partial charge in [-0.1, -0.05) is 5.16 Å². The summed E-state index contributed by atoms with van der Waals surface area (Å²) in [6.45, 7) is 4.35. The maximum Gasteiger partial charge on any atom is 0.295 e. The van der Waals surface area contributed by atoms with Crippen molar-refractivity contribution in [1.82, 2.24) is 19.9 Å². The molecule has 0 aliphatic carbocycles. The van der Waals surface area contributed by atoms with Crippen LogP contribution in [0.4, 0.5) is 0 Å². The standard InChI is InChI=1S/C10H17N5O2/c1-7-12-9(13-17-7)10(16)15-4-3-14(2)6-8(15)5-11/h8H,3-6,11H2,1-2H3. The molecule has 0 bridgehead atoms. The molecule has 1 fully saturated rings. The van der Waals surface area contributed by atoms with Crippen LogP contribution in [-0.2, 0) is 0 Å². The van der Waals surface area contributed by atoms with Gasteiger partial charge in [-0.25, -0.2) is 0 Å². The van der Waals surface area contributed by atoms with Gasteiger partial charge < -0.3 is 20.1 Å². The van der Waals surface area contributed by atoms with Gasteiger partial charge in [0.15, 0.2) is 0 Å². The van der Waals surface area contributed by atoms with Gasteiger partial charge in [0.05, 0.1) is 6.04 Å². The van der Waals surface area contributed by atoms with E-state index in [1.807, 2.05) is 7.05 Å². The van der Waals surface area contributed by atoms with Gasteiger partial charge in [0.25, 0.3) is 11.7 Å². The van der Waals surface area contributed by atoms with Crippen LogP contribution in [0.5, 0.6) is 0 Å². The Labute approximate surface area is 99.6 Å². The summed E-state index contributed by atoms with van der Waals surface area (Å²) in [6.07, 6.45) is 0. The number of likely N-dealkylation sites (N-methyl/N-ethyl adjacent to an activating group) is 1. The number of carbonyl (C=O) groups excluding carboxylic acids is 1. The van der Waals surface area contributed by atoms with E-state index < -0.39 is 0 Å². The number of aryl methyl sites for hydroxylation is 1. The Morgan fingerprint density at radius 3 is 2.94 bits per heavy atom. The van der Waals surface area contributed by atoms with Gasteiger partial charge in [-0.05, 0) is 7.05 Å². The smallest absolute Gasteiger partial charge is 0.295 e. The Balaban J connectivity index is 2.13. The Hall–Kier alpha value is -1.47. The summed E-state index contributed by atoms with van der Waals surface area (Å²) in [4.78, 5) is 20.0. The molecule has 0 aromatic carbocycles. The van der Waals surface area contributed by atoms with Gasteiger partial charge >= 0.3 is 0 Å². The Morgan fingerprint density at radius 1 is 1.59 bits per heavy atom. The van der Waals surface area contributed by atoms with Crippen molar-refractivity contribution in [1.29, 1.82) is 0 Å². The van der Waals surface area contributed by atoms with E-state index in [0.29, 0.717) is 19.0 Å². The molecule has 0 spiro atoms. The molecule has 1 aromatic rings. The van der Waals surface area contributed by atoms with Gasteiger partial charge in [0, 0.05) is 33.1 Å². The molecule has 1 atom stereocenters. The molecule has 2 rings (SSSR count). The van der Waals surface area contributed by atoms with Gasteiger partial charge in [0.2, 0.25) is 5.89 Å². The van der Waals surface area contributed by atoms with Crippen LogP contribution in [0.1, 0.15) is 16.5 Å². The second-order valence-electron chi connectivity index (χ2n) is 4.29. The second-order valence-corrected chi connectivity index (χ2v) is 4.29. The van der Waals surface area contributed by atoms with E-state index in [2.05, 4.69) is 15.0 Å². The highest BCUT2D eigenvalue weighted by atomic mass is 16.5. The van der Waals surface area contributed by atoms with Crippen LogP contribution in [0.2, 0.25) is 0 Å². The average molecular weight is 239 g/mol. The van der Waals surface area contributed by atoms with Crippen molar-refractivity contribution in [2.24, 2.45) is 5.73 Å². The molecule has 1 amide bonds. The van der Waals surface area contributed by atoms with Crippen molar-refractivity contribution >= 4 is 5.91 Å². The Bertz CT molecular complexity index is 405. The minimum absolute atomic E-state index is 0.0139. The number of aromatic nitrogens is 2. The molecule has 1 unspecified atom stereocenters. The summed E-state index contributed by atoms with van der Waals surface area (Å²) in [5.41, 5.74) is 5.69. The summed E-state index contributed by atoms with van der Waals surface area (Å²) < 4.78 is 4.82. The van der Waals surface area contributed by atoms with E-state index in [1.165, 1.54) is 0 Å². The summed E-state index contributed by atoms with van der Waals surface area (Å²) >= 11 is 0. The zero-order valence-corrected chi connectivity index (χ0v) is 10.1. The largest absolute Gasteiger partial charge is 0.339 e. The highest BCUT2D eigenvalue weighted by Gasteiger charge is 2.30. The van der Waals surface area contributed by atoms with Gasteiger partial charge in [-0.15, -0.1) is 0 Å². The van der Waals surface area contributed by atoms with Crippen LogP contribution < -0.4 is 5.73 Å². The third-order valence-electron chi connectivity index (χ3n) is 2.94. The molecule has 7 heteroatoms. The number of nitrogens with zero attached hydrogens (tertiary/aromatic N) is 4. The first-order valence-corrected chi connectivity index (χ1v) is 5.61. The van der Waals surface area contributed by atoms with Crippen LogP contribution in [0, 0.1) is 6.92 Å². The van der Waals surface area contributed by atoms with E-state index in [-0.39, 0.29) is 17.8 Å². The zero-order chi connectivity index (χ0) is 12.4. The quantitative estimate of drug-likeness (QED) is 0.719. The molecule has 2 heterocycles. The summed E-state index contributed by atoms with van der Waals surface area (Å²) in [6, 6.07) is 0.0139. The number of hydrogen-bond donors (Lipinski definition) is 1. The fourth-order valence-electron chi connectivity index (χ4n) is 1.99. The molecule has 17 heavy (non-hydrogen) atoms. The van der Waals surface area contributed by atoms with Crippen LogP contribution in [-0.4, -0.2) is 65.1 Å². The predicted octanol–water partition coefficient (Wildman–Crippen LogP) is -0.907. The second kappa shape index (κ2) is 4.80. The van der Waals surface area contributed by atoms with Crippen molar-refractivity contribution in [3.8, 4) is 0 Å². The molecule has 0 saturated carbocycles. The van der Waals surface area contributed by atoms with E-state index in [9.17, 15) is 4.79 Å². The monoisotopic (exact) mass is 239 g/mol. The number of rotatable bonds is 2. The first kappa shape index (κ1) is 12.0. The highest BCUT2D eigenvalue weighted by Crippen LogP contribution is 2.11. The first-order chi connectivity index (χ1) is 8.11. The summed E-state index contributed by atoms with van der Waals surface area (Å²) in [5.74, 6) is 0.308. The van der Waals surface area contributed by atoms with Crippen LogP contribution >= 0.6 is 0 Å². The number of nitrogens with two attached hydrogens (primary N) is 1. The van der Waals surface area contributed by atoms with Gasteiger partial charge in [0.1, 0.15) is 0 Å². The molecule has 0 radical (unpaired) electrons. The van der Waals surface area contributed by atoms with Crippen LogP contribution in [0.25, 0.3) is 0 Å². The summed E-state index contributed by atoms with van der Waals surface area (Å²) in [7, 11) is 2.02. The number of amides is 1. The van der Waals surface area contributed by atoms with Crippen LogP contribution in [0.3, 0.4) is 0 Å². The molecular formula is C10H17N5O2. The van der Waals surface area contributed by atoms with Crippen molar-refractivity contribution in [3.05, 3.63) is 11.7 Å². The first-order valence-electron chi connectivity index (χ1n) is 5.61. The Kier molecular flexibility index (Phi) is 3.39. The Morgan fingerprint density at radius 2 is 2.35 bits per heavy atom.